The molecule has 182 valence electrons. The Kier molecular flexibility index (Phi) is 8.46. The number of rotatable bonds is 8. The van der Waals surface area contributed by atoms with E-state index in [1.807, 2.05) is 54.5 Å². The van der Waals surface area contributed by atoms with Crippen LogP contribution in [0.25, 0.3) is 11.1 Å². The summed E-state index contributed by atoms with van der Waals surface area (Å²) in [6, 6.07) is 15.1. The normalized spacial score (nSPS) is 12.4. The Morgan fingerprint density at radius 2 is 1.57 bits per heavy atom. The molecule has 2 aromatic carbocycles. The number of nitrogens with one attached hydrogen (secondary N) is 3. The number of carboxylic acids is 1. The molecule has 2 aromatic rings. The van der Waals surface area contributed by atoms with Gasteiger partial charge in [0.25, 0.3) is 0 Å². The highest BCUT2D eigenvalue weighted by atomic mass is 16.5. The maximum atomic E-state index is 12.6. The lowest BCUT2D eigenvalue weighted by atomic mass is 9.98. The largest absolute Gasteiger partial charge is 0.472 e. The molecule has 0 spiro atoms. The molecule has 9 heteroatoms. The van der Waals surface area contributed by atoms with E-state index in [1.165, 1.54) is 0 Å². The molecule has 0 unspecified atom stereocenters. The highest BCUT2D eigenvalue weighted by Crippen LogP contribution is 2.44. The van der Waals surface area contributed by atoms with Crippen molar-refractivity contribution in [3.63, 3.8) is 0 Å². The van der Waals surface area contributed by atoms with Crippen molar-refractivity contribution >= 4 is 23.9 Å². The van der Waals surface area contributed by atoms with Crippen molar-refractivity contribution in [1.29, 1.82) is 0 Å². The number of carboxylic acid groups (broad SMARTS) is 1. The molecule has 0 aliphatic heterocycles. The molecular formula is C26H27N3O6. The first kappa shape index (κ1) is 25.3. The van der Waals surface area contributed by atoms with E-state index in [2.05, 4.69) is 21.9 Å². The molecule has 1 aliphatic rings. The molecule has 3 amide bonds. The van der Waals surface area contributed by atoms with E-state index in [-0.39, 0.29) is 31.5 Å². The van der Waals surface area contributed by atoms with Crippen molar-refractivity contribution < 1.29 is 29.0 Å². The molecule has 9 nitrogen and oxygen atoms in total. The molecule has 0 aromatic heterocycles. The Balaban J connectivity index is 1.53. The average molecular weight is 478 g/mol. The number of amides is 3. The quantitative estimate of drug-likeness (QED) is 0.429. The van der Waals surface area contributed by atoms with Crippen LogP contribution in [0.3, 0.4) is 0 Å². The van der Waals surface area contributed by atoms with Crippen molar-refractivity contribution in [2.75, 3.05) is 19.7 Å². The summed E-state index contributed by atoms with van der Waals surface area (Å²) in [6.07, 6.45) is -0.728. The van der Waals surface area contributed by atoms with Gasteiger partial charge in [0.2, 0.25) is 11.8 Å². The van der Waals surface area contributed by atoms with Gasteiger partial charge in [-0.1, -0.05) is 68.3 Å². The third-order valence-electron chi connectivity index (χ3n) is 5.56. The summed E-state index contributed by atoms with van der Waals surface area (Å²) in [7, 11) is 0. The molecule has 35 heavy (non-hydrogen) atoms. The second-order valence-corrected chi connectivity index (χ2v) is 8.29. The van der Waals surface area contributed by atoms with Gasteiger partial charge < -0.3 is 25.8 Å². The van der Waals surface area contributed by atoms with E-state index in [1.54, 1.807) is 13.8 Å². The lowest BCUT2D eigenvalue weighted by Gasteiger charge is -2.22. The number of benzene rings is 2. The number of aliphatic carboxylic acids is 1. The number of carbonyl (C=O) groups excluding carboxylic acids is 3. The number of carbonyl (C=O) groups is 4. The minimum atomic E-state index is -1.30. The van der Waals surface area contributed by atoms with E-state index >= 15 is 0 Å². The summed E-state index contributed by atoms with van der Waals surface area (Å²) in [5.74, 6) is 1.37. The first-order valence-electron chi connectivity index (χ1n) is 11.2. The topological polar surface area (TPSA) is 134 Å². The van der Waals surface area contributed by atoms with Gasteiger partial charge in [-0.25, -0.2) is 9.59 Å². The minimum absolute atomic E-state index is 0.104. The monoisotopic (exact) mass is 477 g/mol. The number of hydrogen-bond acceptors (Lipinski definition) is 5. The Hall–Kier alpha value is -4.32. The average Bonchev–Trinajstić information content (AvgIpc) is 3.16. The fourth-order valence-corrected chi connectivity index (χ4v) is 3.90. The standard InChI is InChI=1S/C26H27N3O6/c1-16(2)24(25(33)28-14-22(30)27-13-7-12-23(31)32)29-26(34)35-15-21-19-10-5-3-8-17(19)18-9-4-6-11-20(18)21/h3-6,8-11,16,21,24H,13-15H2,1-2H3,(H,27,30)(H,28,33)(H,29,34)(H,31,32)/t24-/m0/s1. The molecule has 0 saturated heterocycles. The van der Waals surface area contributed by atoms with E-state index in [0.717, 1.165) is 22.3 Å². The van der Waals surface area contributed by atoms with Crippen LogP contribution in [-0.4, -0.2) is 54.7 Å². The van der Waals surface area contributed by atoms with Gasteiger partial charge in [0, 0.05) is 11.8 Å². The Morgan fingerprint density at radius 3 is 2.14 bits per heavy atom. The molecule has 1 aliphatic carbocycles. The molecule has 1 atom stereocenters. The third-order valence-corrected chi connectivity index (χ3v) is 5.56. The minimum Gasteiger partial charge on any atom is -0.472 e. The van der Waals surface area contributed by atoms with Crippen LogP contribution < -0.4 is 16.0 Å². The van der Waals surface area contributed by atoms with E-state index < -0.39 is 29.9 Å². The van der Waals surface area contributed by atoms with Crippen LogP contribution in [0.15, 0.2) is 48.5 Å². The van der Waals surface area contributed by atoms with Gasteiger partial charge in [-0.05, 0) is 28.2 Å². The molecule has 0 fully saturated rings. The van der Waals surface area contributed by atoms with Crippen LogP contribution in [0.5, 0.6) is 0 Å². The van der Waals surface area contributed by atoms with Gasteiger partial charge in [-0.15, -0.1) is 0 Å². The maximum Gasteiger partial charge on any atom is 0.407 e. The summed E-state index contributed by atoms with van der Waals surface area (Å²) in [6.45, 7) is 3.13. The van der Waals surface area contributed by atoms with Crippen molar-refractivity contribution in [3.05, 3.63) is 59.7 Å². The lowest BCUT2D eigenvalue weighted by molar-refractivity contribution is -0.130. The Bertz CT molecular complexity index is 1140. The summed E-state index contributed by atoms with van der Waals surface area (Å²) in [5.41, 5.74) is 4.39. The van der Waals surface area contributed by atoms with E-state index in [9.17, 15) is 19.2 Å². The van der Waals surface area contributed by atoms with Gasteiger partial charge in [0.15, 0.2) is 0 Å². The highest BCUT2D eigenvalue weighted by Gasteiger charge is 2.30. The zero-order valence-corrected chi connectivity index (χ0v) is 19.5. The van der Waals surface area contributed by atoms with Crippen molar-refractivity contribution in [3.8, 4) is 23.0 Å². The molecule has 0 bridgehead atoms. The predicted octanol–water partition coefficient (Wildman–Crippen LogP) is 1.87. The van der Waals surface area contributed by atoms with Crippen molar-refractivity contribution in [1.82, 2.24) is 16.0 Å². The molecule has 0 heterocycles. The third kappa shape index (κ3) is 6.60. The summed E-state index contributed by atoms with van der Waals surface area (Å²) in [5, 5.41) is 15.8. The van der Waals surface area contributed by atoms with Gasteiger partial charge in [-0.3, -0.25) is 9.59 Å². The highest BCUT2D eigenvalue weighted by molar-refractivity contribution is 5.90. The van der Waals surface area contributed by atoms with Crippen LogP contribution in [0, 0.1) is 17.8 Å². The van der Waals surface area contributed by atoms with Crippen LogP contribution >= 0.6 is 0 Å². The van der Waals surface area contributed by atoms with Crippen LogP contribution in [0.4, 0.5) is 4.79 Å². The number of alkyl carbamates (subject to hydrolysis) is 1. The summed E-state index contributed by atoms with van der Waals surface area (Å²) >= 11 is 0. The van der Waals surface area contributed by atoms with Gasteiger partial charge in [0.05, 0.1) is 13.1 Å². The fourth-order valence-electron chi connectivity index (χ4n) is 3.90. The fraction of sp³-hybridized carbons (Fsp3) is 0.308. The summed E-state index contributed by atoms with van der Waals surface area (Å²) < 4.78 is 5.51. The zero-order valence-electron chi connectivity index (χ0n) is 19.5. The molecule has 0 saturated carbocycles. The second-order valence-electron chi connectivity index (χ2n) is 8.29. The van der Waals surface area contributed by atoms with Crippen molar-refractivity contribution in [2.24, 2.45) is 5.92 Å². The maximum absolute atomic E-state index is 12.6. The van der Waals surface area contributed by atoms with Crippen LogP contribution in [0.2, 0.25) is 0 Å². The zero-order chi connectivity index (χ0) is 25.4. The first-order valence-corrected chi connectivity index (χ1v) is 11.2. The first-order chi connectivity index (χ1) is 16.8. The van der Waals surface area contributed by atoms with Gasteiger partial charge >= 0.3 is 12.1 Å². The lowest BCUT2D eigenvalue weighted by Crippen LogP contribution is -2.51. The SMILES string of the molecule is CC(C)[C@H](NC(=O)OCC1c2ccccc2-c2ccccc21)C(=O)NCC(=O)NCC#CC(=O)O. The molecule has 3 rings (SSSR count). The van der Waals surface area contributed by atoms with Crippen molar-refractivity contribution in [2.45, 2.75) is 25.8 Å². The summed E-state index contributed by atoms with van der Waals surface area (Å²) in [4.78, 5) is 47.3. The van der Waals surface area contributed by atoms with E-state index in [0.29, 0.717) is 0 Å². The Morgan fingerprint density at radius 1 is 0.971 bits per heavy atom. The van der Waals surface area contributed by atoms with Crippen LogP contribution in [0.1, 0.15) is 30.9 Å². The molecule has 4 N–H and O–H groups in total. The van der Waals surface area contributed by atoms with E-state index in [4.69, 9.17) is 9.84 Å². The van der Waals surface area contributed by atoms with Crippen LogP contribution in [-0.2, 0) is 19.1 Å². The predicted molar refractivity (Wildman–Crippen MR) is 128 cm³/mol. The molecule has 0 radical (unpaired) electrons. The number of ether oxygens (including phenoxy) is 1. The number of fused-ring (bicyclic) bond motifs is 3. The molecular weight excluding hydrogens is 450 g/mol. The smallest absolute Gasteiger partial charge is 0.407 e. The second kappa shape index (κ2) is 11.7. The van der Waals surface area contributed by atoms with Gasteiger partial charge in [-0.2, -0.15) is 0 Å². The van der Waals surface area contributed by atoms with Gasteiger partial charge in [0.1, 0.15) is 12.6 Å². The number of hydrogen-bond donors (Lipinski definition) is 4. The Labute approximate surface area is 203 Å².